The molecule has 0 bridgehead atoms. The molecule has 1 aliphatic rings. The van der Waals surface area contributed by atoms with Gasteiger partial charge in [-0.15, -0.1) is 0 Å². The maximum absolute atomic E-state index is 11.5. The number of methoxy groups -OCH3 is 1. The van der Waals surface area contributed by atoms with Crippen LogP contribution in [0.3, 0.4) is 0 Å². The number of carbonyl (C=O) groups is 1. The molecule has 2 heterocycles. The van der Waals surface area contributed by atoms with Crippen molar-refractivity contribution in [3.63, 3.8) is 0 Å². The molecule has 0 aliphatic heterocycles. The highest BCUT2D eigenvalue weighted by molar-refractivity contribution is 6.32. The fourth-order valence-corrected chi connectivity index (χ4v) is 2.69. The van der Waals surface area contributed by atoms with Crippen molar-refractivity contribution in [3.8, 4) is 0 Å². The number of aromatic nitrogens is 3. The minimum absolute atomic E-state index is 0.0274. The number of H-pyrrole nitrogens is 1. The quantitative estimate of drug-likeness (QED) is 0.821. The summed E-state index contributed by atoms with van der Waals surface area (Å²) in [6.45, 7) is 2.12. The van der Waals surface area contributed by atoms with Crippen molar-refractivity contribution >= 4 is 34.4 Å². The Labute approximate surface area is 114 Å². The number of carbonyl (C=O) groups excluding carboxylic acids is 1. The van der Waals surface area contributed by atoms with E-state index in [1.54, 1.807) is 0 Å². The minimum atomic E-state index is -0.626. The number of anilines is 1. The number of hydrogen-bond donors (Lipinski definition) is 2. The van der Waals surface area contributed by atoms with E-state index >= 15 is 0 Å². The van der Waals surface area contributed by atoms with Crippen molar-refractivity contribution in [2.24, 2.45) is 0 Å². The van der Waals surface area contributed by atoms with Crippen LogP contribution in [0.25, 0.3) is 11.0 Å². The summed E-state index contributed by atoms with van der Waals surface area (Å²) in [5.41, 5.74) is 7.39. The van der Waals surface area contributed by atoms with Crippen LogP contribution in [0, 0.1) is 0 Å². The second kappa shape index (κ2) is 3.84. The normalized spacial score (nSPS) is 16.6. The Morgan fingerprint density at radius 1 is 1.47 bits per heavy atom. The van der Waals surface area contributed by atoms with Crippen LogP contribution in [0.15, 0.2) is 0 Å². The van der Waals surface area contributed by atoms with Gasteiger partial charge in [0.15, 0.2) is 0 Å². The number of rotatable bonds is 2. The molecule has 7 heteroatoms. The lowest BCUT2D eigenvalue weighted by Crippen LogP contribution is -2.10. The smallest absolute Gasteiger partial charge is 0.376 e. The van der Waals surface area contributed by atoms with Crippen molar-refractivity contribution in [1.29, 1.82) is 0 Å². The first-order valence-electron chi connectivity index (χ1n) is 5.90. The number of nitrogens with two attached hydrogens (primary N) is 1. The van der Waals surface area contributed by atoms with Gasteiger partial charge in [-0.2, -0.15) is 0 Å². The van der Waals surface area contributed by atoms with Crippen molar-refractivity contribution in [3.05, 3.63) is 16.5 Å². The van der Waals surface area contributed by atoms with Gasteiger partial charge in [-0.1, -0.05) is 18.5 Å². The maximum Gasteiger partial charge on any atom is 0.376 e. The molecule has 0 amide bonds. The van der Waals surface area contributed by atoms with Gasteiger partial charge >= 0.3 is 5.97 Å². The Bertz CT molecular complexity index is 691. The third kappa shape index (κ3) is 1.74. The van der Waals surface area contributed by atoms with Gasteiger partial charge in [0.2, 0.25) is 5.82 Å². The van der Waals surface area contributed by atoms with Crippen LogP contribution in [0.2, 0.25) is 5.15 Å². The number of nitrogen functional groups attached to an aromatic ring is 1. The van der Waals surface area contributed by atoms with Gasteiger partial charge < -0.3 is 15.5 Å². The molecule has 2 aromatic heterocycles. The first-order chi connectivity index (χ1) is 8.96. The Hall–Kier alpha value is -1.82. The van der Waals surface area contributed by atoms with Crippen LogP contribution in [0.4, 0.5) is 5.82 Å². The van der Waals surface area contributed by atoms with Gasteiger partial charge in [0, 0.05) is 5.56 Å². The standard InChI is InChI=1S/C12H13ClN4O2/c1-12(3-4-12)6-5-8(14)16-10(11(18)19-2)17-9(5)15-7(6)13/h3-4H2,1-2H3,(H3,14,15,16,17). The highest BCUT2D eigenvalue weighted by atomic mass is 35.5. The highest BCUT2D eigenvalue weighted by Crippen LogP contribution is 2.52. The van der Waals surface area contributed by atoms with E-state index in [2.05, 4.69) is 26.6 Å². The molecule has 0 radical (unpaired) electrons. The molecular weight excluding hydrogens is 268 g/mol. The van der Waals surface area contributed by atoms with Gasteiger partial charge in [0.05, 0.1) is 12.5 Å². The molecule has 100 valence electrons. The summed E-state index contributed by atoms with van der Waals surface area (Å²) in [4.78, 5) is 22.5. The second-order valence-electron chi connectivity index (χ2n) is 5.02. The van der Waals surface area contributed by atoms with Gasteiger partial charge in [0.25, 0.3) is 0 Å². The fraction of sp³-hybridized carbons (Fsp3) is 0.417. The summed E-state index contributed by atoms with van der Waals surface area (Å²) in [7, 11) is 1.27. The number of fused-ring (bicyclic) bond motifs is 1. The van der Waals surface area contributed by atoms with E-state index in [1.165, 1.54) is 7.11 Å². The average Bonchev–Trinajstić information content (AvgIpc) is 3.00. The van der Waals surface area contributed by atoms with Crippen LogP contribution in [-0.4, -0.2) is 28.0 Å². The molecular formula is C12H13ClN4O2. The minimum Gasteiger partial charge on any atom is -0.463 e. The molecule has 6 nitrogen and oxygen atoms in total. The van der Waals surface area contributed by atoms with Crippen LogP contribution in [0.1, 0.15) is 35.9 Å². The first kappa shape index (κ1) is 12.2. The molecule has 0 atom stereocenters. The maximum atomic E-state index is 11.5. The second-order valence-corrected chi connectivity index (χ2v) is 5.40. The van der Waals surface area contributed by atoms with E-state index in [1.807, 2.05) is 0 Å². The monoisotopic (exact) mass is 280 g/mol. The van der Waals surface area contributed by atoms with Crippen molar-refractivity contribution < 1.29 is 9.53 Å². The lowest BCUT2D eigenvalue weighted by atomic mass is 9.99. The molecule has 0 aromatic carbocycles. The zero-order valence-electron chi connectivity index (χ0n) is 10.6. The van der Waals surface area contributed by atoms with E-state index in [9.17, 15) is 4.79 Å². The number of halogens is 1. The summed E-state index contributed by atoms with van der Waals surface area (Å²) >= 11 is 6.23. The molecule has 0 spiro atoms. The predicted octanol–water partition coefficient (Wildman–Crippen LogP) is 2.03. The Morgan fingerprint density at radius 2 is 2.16 bits per heavy atom. The zero-order valence-corrected chi connectivity index (χ0v) is 11.3. The number of nitrogens with zero attached hydrogens (tertiary/aromatic N) is 2. The lowest BCUT2D eigenvalue weighted by molar-refractivity contribution is 0.0587. The molecule has 0 unspecified atom stereocenters. The number of aromatic amines is 1. The van der Waals surface area contributed by atoms with E-state index < -0.39 is 5.97 Å². The molecule has 1 aliphatic carbocycles. The Morgan fingerprint density at radius 3 is 2.74 bits per heavy atom. The average molecular weight is 281 g/mol. The summed E-state index contributed by atoms with van der Waals surface area (Å²) in [5, 5.41) is 1.22. The summed E-state index contributed by atoms with van der Waals surface area (Å²) in [5.74, 6) is -0.451. The van der Waals surface area contributed by atoms with E-state index in [0.29, 0.717) is 16.2 Å². The van der Waals surface area contributed by atoms with Crippen LogP contribution in [-0.2, 0) is 10.2 Å². The van der Waals surface area contributed by atoms with E-state index in [0.717, 1.165) is 18.4 Å². The molecule has 3 N–H and O–H groups in total. The molecule has 19 heavy (non-hydrogen) atoms. The number of esters is 1. The Balaban J connectivity index is 2.26. The molecule has 1 fully saturated rings. The van der Waals surface area contributed by atoms with Gasteiger partial charge in [-0.3, -0.25) is 0 Å². The van der Waals surface area contributed by atoms with Crippen LogP contribution in [0.5, 0.6) is 0 Å². The topological polar surface area (TPSA) is 93.9 Å². The first-order valence-corrected chi connectivity index (χ1v) is 6.27. The van der Waals surface area contributed by atoms with Crippen molar-refractivity contribution in [2.45, 2.75) is 25.2 Å². The largest absolute Gasteiger partial charge is 0.463 e. The number of nitrogens with one attached hydrogen (secondary N) is 1. The van der Waals surface area contributed by atoms with E-state index in [-0.39, 0.29) is 17.1 Å². The third-order valence-electron chi connectivity index (χ3n) is 3.61. The lowest BCUT2D eigenvalue weighted by Gasteiger charge is -2.08. The van der Waals surface area contributed by atoms with Gasteiger partial charge in [-0.25, -0.2) is 14.8 Å². The summed E-state index contributed by atoms with van der Waals surface area (Å²) in [6.07, 6.45) is 2.11. The zero-order chi connectivity index (χ0) is 13.8. The molecule has 3 rings (SSSR count). The molecule has 0 saturated heterocycles. The number of ether oxygens (including phenoxy) is 1. The van der Waals surface area contributed by atoms with E-state index in [4.69, 9.17) is 17.3 Å². The van der Waals surface area contributed by atoms with Gasteiger partial charge in [-0.05, 0) is 18.3 Å². The highest BCUT2D eigenvalue weighted by Gasteiger charge is 2.43. The van der Waals surface area contributed by atoms with Gasteiger partial charge in [0.1, 0.15) is 16.6 Å². The van der Waals surface area contributed by atoms with Crippen LogP contribution >= 0.6 is 11.6 Å². The third-order valence-corrected chi connectivity index (χ3v) is 3.89. The molecule has 2 aromatic rings. The Kier molecular flexibility index (Phi) is 2.47. The number of hydrogen-bond acceptors (Lipinski definition) is 5. The predicted molar refractivity (Wildman–Crippen MR) is 71.2 cm³/mol. The van der Waals surface area contributed by atoms with Crippen molar-refractivity contribution in [2.75, 3.05) is 12.8 Å². The molecule has 1 saturated carbocycles. The SMILES string of the molecule is COC(=O)c1nc(N)c2c(C3(C)CC3)c(Cl)[nH]c2n1. The summed E-state index contributed by atoms with van der Waals surface area (Å²) < 4.78 is 4.59. The van der Waals surface area contributed by atoms with Crippen molar-refractivity contribution in [1.82, 2.24) is 15.0 Å². The summed E-state index contributed by atoms with van der Waals surface area (Å²) in [6, 6.07) is 0. The van der Waals surface area contributed by atoms with Crippen LogP contribution < -0.4 is 5.73 Å². The fourth-order valence-electron chi connectivity index (χ4n) is 2.28.